The van der Waals surface area contributed by atoms with E-state index in [0.717, 1.165) is 0 Å². The molecule has 2 amide bonds. The van der Waals surface area contributed by atoms with Crippen LogP contribution >= 0.6 is 31.9 Å². The second kappa shape index (κ2) is 8.20. The minimum atomic E-state index is -1.22. The smallest absolute Gasteiger partial charge is 0.326 e. The number of methoxy groups -OCH3 is 1. The summed E-state index contributed by atoms with van der Waals surface area (Å²) in [6.45, 7) is -0.340. The van der Waals surface area contributed by atoms with Crippen molar-refractivity contribution in [2.24, 2.45) is 0 Å². The van der Waals surface area contributed by atoms with Crippen molar-refractivity contribution in [2.45, 2.75) is 12.5 Å². The molecule has 0 spiro atoms. The van der Waals surface area contributed by atoms with Crippen molar-refractivity contribution in [2.75, 3.05) is 19.0 Å². The van der Waals surface area contributed by atoms with Crippen molar-refractivity contribution in [1.82, 2.24) is 5.32 Å². The van der Waals surface area contributed by atoms with Crippen LogP contribution in [0.25, 0.3) is 0 Å². The van der Waals surface area contributed by atoms with Gasteiger partial charge in [-0.05, 0) is 37.9 Å². The van der Waals surface area contributed by atoms with Crippen LogP contribution in [-0.2, 0) is 4.79 Å². The number of ether oxygens (including phenoxy) is 1. The average Bonchev–Trinajstić information content (AvgIpc) is 2.41. The van der Waals surface area contributed by atoms with Gasteiger partial charge in [0.05, 0.1) is 17.3 Å². The number of carboxylic acids is 1. The van der Waals surface area contributed by atoms with Crippen LogP contribution in [0.15, 0.2) is 21.1 Å². The van der Waals surface area contributed by atoms with E-state index in [1.165, 1.54) is 7.11 Å². The van der Waals surface area contributed by atoms with E-state index in [4.69, 9.17) is 14.9 Å². The molecule has 0 unspecified atom stereocenters. The maximum Gasteiger partial charge on any atom is 0.326 e. The first-order valence-electron chi connectivity index (χ1n) is 5.83. The predicted molar refractivity (Wildman–Crippen MR) is 83.7 cm³/mol. The highest BCUT2D eigenvalue weighted by Crippen LogP contribution is 2.34. The van der Waals surface area contributed by atoms with Crippen LogP contribution in [0.3, 0.4) is 0 Å². The number of aliphatic hydroxyl groups excluding tert-OH is 1. The van der Waals surface area contributed by atoms with Crippen LogP contribution in [0.2, 0.25) is 0 Å². The summed E-state index contributed by atoms with van der Waals surface area (Å²) in [5.74, 6) is -0.703. The third kappa shape index (κ3) is 5.18. The van der Waals surface area contributed by atoms with Gasteiger partial charge in [0, 0.05) is 23.6 Å². The Morgan fingerprint density at radius 1 is 1.33 bits per heavy atom. The summed E-state index contributed by atoms with van der Waals surface area (Å²) < 4.78 is 6.41. The van der Waals surface area contributed by atoms with Gasteiger partial charge in [-0.3, -0.25) is 0 Å². The molecule has 0 saturated heterocycles. The molecule has 1 atom stereocenters. The third-order valence-corrected chi connectivity index (χ3v) is 3.79. The lowest BCUT2D eigenvalue weighted by Crippen LogP contribution is -2.43. The monoisotopic (exact) mass is 424 g/mol. The standard InChI is InChI=1S/C12H14Br2N2O5/c1-21-10-5-9(6(13)4-7(10)14)16-12(20)15-8(2-3-17)11(18)19/h4-5,8,17H,2-3H2,1H3,(H,18,19)(H2,15,16,20)/t8-/m1/s1. The molecule has 0 fully saturated rings. The molecule has 0 aliphatic rings. The summed E-state index contributed by atoms with van der Waals surface area (Å²) in [6.07, 6.45) is -0.0758. The second-order valence-corrected chi connectivity index (χ2v) is 5.68. The highest BCUT2D eigenvalue weighted by Gasteiger charge is 2.20. The Morgan fingerprint density at radius 2 is 2.00 bits per heavy atom. The van der Waals surface area contributed by atoms with Gasteiger partial charge in [-0.1, -0.05) is 0 Å². The van der Waals surface area contributed by atoms with E-state index in [-0.39, 0.29) is 13.0 Å². The lowest BCUT2D eigenvalue weighted by molar-refractivity contribution is -0.139. The van der Waals surface area contributed by atoms with Gasteiger partial charge in [-0.15, -0.1) is 0 Å². The Balaban J connectivity index is 2.81. The molecule has 4 N–H and O–H groups in total. The molecule has 0 radical (unpaired) electrons. The number of aliphatic carboxylic acids is 1. The van der Waals surface area contributed by atoms with Crippen molar-refractivity contribution in [1.29, 1.82) is 0 Å². The van der Waals surface area contributed by atoms with E-state index < -0.39 is 18.0 Å². The number of hydrogen-bond acceptors (Lipinski definition) is 4. The number of benzene rings is 1. The zero-order valence-electron chi connectivity index (χ0n) is 11.0. The number of aliphatic hydroxyl groups is 1. The molecule has 0 saturated carbocycles. The number of halogens is 2. The molecular formula is C12H14Br2N2O5. The SMILES string of the molecule is COc1cc(NC(=O)N[C@H](CCO)C(=O)O)c(Br)cc1Br. The van der Waals surface area contributed by atoms with E-state index in [0.29, 0.717) is 20.4 Å². The van der Waals surface area contributed by atoms with Crippen molar-refractivity contribution in [3.05, 3.63) is 21.1 Å². The number of urea groups is 1. The normalized spacial score (nSPS) is 11.6. The molecule has 7 nitrogen and oxygen atoms in total. The minimum absolute atomic E-state index is 0.0758. The summed E-state index contributed by atoms with van der Waals surface area (Å²) >= 11 is 6.58. The molecule has 0 aliphatic heterocycles. The van der Waals surface area contributed by atoms with Crippen LogP contribution in [0, 0.1) is 0 Å². The number of nitrogens with one attached hydrogen (secondary N) is 2. The van der Waals surface area contributed by atoms with E-state index in [2.05, 4.69) is 42.5 Å². The fourth-order valence-corrected chi connectivity index (χ4v) is 2.74. The highest BCUT2D eigenvalue weighted by atomic mass is 79.9. The van der Waals surface area contributed by atoms with Crippen molar-refractivity contribution < 1.29 is 24.5 Å². The fraction of sp³-hybridized carbons (Fsp3) is 0.333. The van der Waals surface area contributed by atoms with Crippen LogP contribution in [0.4, 0.5) is 10.5 Å². The lowest BCUT2D eigenvalue weighted by atomic mass is 10.2. The average molecular weight is 426 g/mol. The molecule has 116 valence electrons. The third-order valence-electron chi connectivity index (χ3n) is 2.51. The van der Waals surface area contributed by atoms with Gasteiger partial charge in [0.15, 0.2) is 0 Å². The van der Waals surface area contributed by atoms with Gasteiger partial charge >= 0.3 is 12.0 Å². The zero-order valence-corrected chi connectivity index (χ0v) is 14.2. The van der Waals surface area contributed by atoms with Crippen molar-refractivity contribution in [3.63, 3.8) is 0 Å². The Kier molecular flexibility index (Phi) is 6.93. The first-order chi connectivity index (χ1) is 9.88. The highest BCUT2D eigenvalue weighted by molar-refractivity contribution is 9.11. The Bertz CT molecular complexity index is 539. The Morgan fingerprint density at radius 3 is 2.52 bits per heavy atom. The first-order valence-corrected chi connectivity index (χ1v) is 7.41. The quantitative estimate of drug-likeness (QED) is 0.558. The summed E-state index contributed by atoms with van der Waals surface area (Å²) in [6, 6.07) is 1.42. The first kappa shape index (κ1) is 17.7. The van der Waals surface area contributed by atoms with Crippen LogP contribution in [0.5, 0.6) is 5.75 Å². The molecule has 0 heterocycles. The summed E-state index contributed by atoms with van der Waals surface area (Å²) in [5, 5.41) is 22.4. The molecule has 0 bridgehead atoms. The number of carbonyl (C=O) groups is 2. The van der Waals surface area contributed by atoms with E-state index >= 15 is 0 Å². The predicted octanol–water partition coefficient (Wildman–Crippen LogP) is 2.18. The molecule has 1 rings (SSSR count). The molecule has 9 heteroatoms. The summed E-state index contributed by atoms with van der Waals surface area (Å²) in [5.41, 5.74) is 0.417. The van der Waals surface area contributed by atoms with Crippen molar-refractivity contribution in [3.8, 4) is 5.75 Å². The Labute approximate surface area is 137 Å². The molecule has 0 aliphatic carbocycles. The lowest BCUT2D eigenvalue weighted by Gasteiger charge is -2.15. The summed E-state index contributed by atoms with van der Waals surface area (Å²) in [7, 11) is 1.49. The number of anilines is 1. The maximum atomic E-state index is 11.8. The van der Waals surface area contributed by atoms with Gasteiger partial charge < -0.3 is 25.6 Å². The molecule has 1 aromatic carbocycles. The van der Waals surface area contributed by atoms with E-state index in [9.17, 15) is 9.59 Å². The van der Waals surface area contributed by atoms with Gasteiger partial charge in [-0.25, -0.2) is 9.59 Å². The van der Waals surface area contributed by atoms with Crippen molar-refractivity contribution >= 4 is 49.5 Å². The number of carbonyl (C=O) groups excluding carboxylic acids is 1. The van der Waals surface area contributed by atoms with E-state index in [1.807, 2.05) is 0 Å². The molecular weight excluding hydrogens is 412 g/mol. The number of hydrogen-bond donors (Lipinski definition) is 4. The topological polar surface area (TPSA) is 108 Å². The minimum Gasteiger partial charge on any atom is -0.495 e. The fourth-order valence-electron chi connectivity index (χ4n) is 1.48. The van der Waals surface area contributed by atoms with Gasteiger partial charge in [0.25, 0.3) is 0 Å². The van der Waals surface area contributed by atoms with Crippen LogP contribution < -0.4 is 15.4 Å². The zero-order chi connectivity index (χ0) is 16.0. The van der Waals surface area contributed by atoms with Gasteiger partial charge in [-0.2, -0.15) is 0 Å². The number of carboxylic acid groups (broad SMARTS) is 1. The maximum absolute atomic E-state index is 11.8. The molecule has 1 aromatic rings. The van der Waals surface area contributed by atoms with Gasteiger partial charge in [0.1, 0.15) is 11.8 Å². The largest absolute Gasteiger partial charge is 0.495 e. The summed E-state index contributed by atoms with van der Waals surface area (Å²) in [4.78, 5) is 22.7. The second-order valence-electron chi connectivity index (χ2n) is 3.97. The number of rotatable bonds is 6. The van der Waals surface area contributed by atoms with Crippen LogP contribution in [0.1, 0.15) is 6.42 Å². The molecule has 0 aromatic heterocycles. The van der Waals surface area contributed by atoms with Crippen LogP contribution in [-0.4, -0.2) is 42.0 Å². The van der Waals surface area contributed by atoms with E-state index in [1.54, 1.807) is 12.1 Å². The Hall–Kier alpha value is -1.32. The van der Waals surface area contributed by atoms with Gasteiger partial charge in [0.2, 0.25) is 0 Å². The number of amides is 2. The molecule has 21 heavy (non-hydrogen) atoms.